The summed E-state index contributed by atoms with van der Waals surface area (Å²) in [5, 5.41) is 1.27. The lowest BCUT2D eigenvalue weighted by Gasteiger charge is -2.11. The van der Waals surface area contributed by atoms with Gasteiger partial charge in [-0.15, -0.1) is 5.06 Å². The molecule has 6 nitrogen and oxygen atoms in total. The number of imide groups is 1. The lowest BCUT2D eigenvalue weighted by atomic mass is 10.1. The van der Waals surface area contributed by atoms with Crippen LogP contribution >= 0.6 is 11.6 Å². The van der Waals surface area contributed by atoms with Gasteiger partial charge >= 0.3 is 0 Å². The van der Waals surface area contributed by atoms with E-state index in [2.05, 4.69) is 4.98 Å². The van der Waals surface area contributed by atoms with E-state index in [4.69, 9.17) is 20.9 Å². The van der Waals surface area contributed by atoms with Gasteiger partial charge in [-0.05, 0) is 30.3 Å². The minimum atomic E-state index is -0.496. The maximum absolute atomic E-state index is 12.2. The maximum atomic E-state index is 12.2. The van der Waals surface area contributed by atoms with Gasteiger partial charge in [-0.1, -0.05) is 23.7 Å². The number of halogens is 1. The molecule has 0 N–H and O–H groups in total. The third-order valence-electron chi connectivity index (χ3n) is 3.47. The van der Waals surface area contributed by atoms with Gasteiger partial charge in [0.25, 0.3) is 11.8 Å². The van der Waals surface area contributed by atoms with E-state index in [1.165, 1.54) is 0 Å². The van der Waals surface area contributed by atoms with E-state index >= 15 is 0 Å². The molecule has 2 heterocycles. The van der Waals surface area contributed by atoms with Crippen LogP contribution in [0, 0.1) is 0 Å². The van der Waals surface area contributed by atoms with Crippen molar-refractivity contribution in [2.75, 3.05) is 0 Å². The molecule has 2 amide bonds. The molecule has 0 atom stereocenters. The number of benzene rings is 2. The Bertz CT molecular complexity index is 915. The maximum Gasteiger partial charge on any atom is 0.285 e. The number of carbonyl (C=O) groups is 2. The van der Waals surface area contributed by atoms with Gasteiger partial charge in [-0.25, -0.2) is 4.98 Å². The Morgan fingerprint density at radius 1 is 1.09 bits per heavy atom. The molecular formula is C16H9ClN2O4. The largest absolute Gasteiger partial charge is 0.438 e. The fourth-order valence-corrected chi connectivity index (χ4v) is 2.58. The number of hydrogen-bond donors (Lipinski definition) is 0. The second kappa shape index (κ2) is 5.19. The smallest absolute Gasteiger partial charge is 0.285 e. The first-order valence-corrected chi connectivity index (χ1v) is 7.17. The molecular weight excluding hydrogens is 320 g/mol. The third-order valence-corrected chi connectivity index (χ3v) is 3.70. The van der Waals surface area contributed by atoms with Crippen LogP contribution < -0.4 is 0 Å². The summed E-state index contributed by atoms with van der Waals surface area (Å²) in [7, 11) is 0. The van der Waals surface area contributed by atoms with Crippen LogP contribution in [0.1, 0.15) is 26.6 Å². The molecule has 1 aliphatic heterocycles. The Morgan fingerprint density at radius 2 is 1.78 bits per heavy atom. The van der Waals surface area contributed by atoms with Gasteiger partial charge in [0.2, 0.25) is 5.89 Å². The van der Waals surface area contributed by atoms with Gasteiger partial charge in [0.15, 0.2) is 12.2 Å². The first-order chi connectivity index (χ1) is 11.1. The van der Waals surface area contributed by atoms with Gasteiger partial charge in [-0.2, -0.15) is 0 Å². The van der Waals surface area contributed by atoms with Gasteiger partial charge < -0.3 is 4.42 Å². The van der Waals surface area contributed by atoms with E-state index < -0.39 is 11.8 Å². The standard InChI is InChI=1S/C16H9ClN2O4/c17-9-5-6-13-12(7-9)18-14(23-13)8-22-19-15(20)10-3-1-2-4-11(10)16(19)21/h1-7H,8H2. The number of hydroxylamine groups is 2. The molecule has 0 aliphatic carbocycles. The van der Waals surface area contributed by atoms with Crippen molar-refractivity contribution < 1.29 is 18.8 Å². The van der Waals surface area contributed by atoms with Crippen molar-refractivity contribution in [3.8, 4) is 0 Å². The molecule has 7 heteroatoms. The van der Waals surface area contributed by atoms with E-state index in [-0.39, 0.29) is 12.5 Å². The highest BCUT2D eigenvalue weighted by atomic mass is 35.5. The van der Waals surface area contributed by atoms with Gasteiger partial charge in [0.05, 0.1) is 11.1 Å². The summed E-state index contributed by atoms with van der Waals surface area (Å²) < 4.78 is 5.49. The summed E-state index contributed by atoms with van der Waals surface area (Å²) in [5.41, 5.74) is 1.78. The molecule has 0 unspecified atom stereocenters. The fourth-order valence-electron chi connectivity index (χ4n) is 2.41. The summed E-state index contributed by atoms with van der Waals surface area (Å²) in [4.78, 5) is 33.8. The van der Waals surface area contributed by atoms with Gasteiger partial charge in [0.1, 0.15) is 5.52 Å². The third kappa shape index (κ3) is 2.28. The zero-order valence-corrected chi connectivity index (χ0v) is 12.4. The molecule has 1 aromatic heterocycles. The van der Waals surface area contributed by atoms with Crippen LogP contribution in [0.3, 0.4) is 0 Å². The molecule has 23 heavy (non-hydrogen) atoms. The predicted molar refractivity (Wildman–Crippen MR) is 80.8 cm³/mol. The zero-order valence-electron chi connectivity index (χ0n) is 11.7. The van der Waals surface area contributed by atoms with E-state index in [0.717, 1.165) is 5.06 Å². The first-order valence-electron chi connectivity index (χ1n) is 6.79. The van der Waals surface area contributed by atoms with Crippen LogP contribution in [-0.4, -0.2) is 21.9 Å². The Morgan fingerprint density at radius 3 is 2.48 bits per heavy atom. The van der Waals surface area contributed by atoms with Crippen molar-refractivity contribution in [1.82, 2.24) is 10.0 Å². The van der Waals surface area contributed by atoms with E-state index in [1.54, 1.807) is 42.5 Å². The predicted octanol–water partition coefficient (Wildman–Crippen LogP) is 3.21. The number of fused-ring (bicyclic) bond motifs is 2. The fraction of sp³-hybridized carbons (Fsp3) is 0.0625. The second-order valence-electron chi connectivity index (χ2n) is 4.94. The number of rotatable bonds is 3. The SMILES string of the molecule is O=C1c2ccccc2C(=O)N1OCc1nc2cc(Cl)ccc2o1. The summed E-state index contributed by atoms with van der Waals surface area (Å²) in [6, 6.07) is 11.6. The molecule has 0 spiro atoms. The number of hydrogen-bond acceptors (Lipinski definition) is 5. The topological polar surface area (TPSA) is 72.6 Å². The van der Waals surface area contributed by atoms with Crippen LogP contribution in [-0.2, 0) is 11.4 Å². The molecule has 114 valence electrons. The summed E-state index contributed by atoms with van der Waals surface area (Å²) in [5.74, 6) is -0.742. The first kappa shape index (κ1) is 13.9. The minimum absolute atomic E-state index is 0.141. The van der Waals surface area contributed by atoms with E-state index in [9.17, 15) is 9.59 Å². The summed E-state index contributed by atoms with van der Waals surface area (Å²) in [6.07, 6.45) is 0. The average molecular weight is 329 g/mol. The molecule has 4 rings (SSSR count). The molecule has 1 aliphatic rings. The van der Waals surface area contributed by atoms with Crippen molar-refractivity contribution >= 4 is 34.5 Å². The van der Waals surface area contributed by atoms with Gasteiger partial charge in [0, 0.05) is 5.02 Å². The van der Waals surface area contributed by atoms with Crippen LogP contribution in [0.2, 0.25) is 5.02 Å². The normalized spacial score (nSPS) is 13.9. The number of oxazole rings is 1. The summed E-state index contributed by atoms with van der Waals surface area (Å²) in [6.45, 7) is -0.141. The van der Waals surface area contributed by atoms with Crippen LogP contribution in [0.5, 0.6) is 0 Å². The summed E-state index contributed by atoms with van der Waals surface area (Å²) >= 11 is 5.89. The van der Waals surface area contributed by atoms with E-state index in [1.807, 2.05) is 0 Å². The number of carbonyl (C=O) groups excluding carboxylic acids is 2. The Hall–Kier alpha value is -2.70. The quantitative estimate of drug-likeness (QED) is 0.690. The molecule has 0 saturated heterocycles. The molecule has 0 bridgehead atoms. The van der Waals surface area contributed by atoms with Crippen LogP contribution in [0.15, 0.2) is 46.9 Å². The average Bonchev–Trinajstić information content (AvgIpc) is 3.06. The van der Waals surface area contributed by atoms with Gasteiger partial charge in [-0.3, -0.25) is 14.4 Å². The van der Waals surface area contributed by atoms with Crippen molar-refractivity contribution in [3.05, 3.63) is 64.5 Å². The lowest BCUT2D eigenvalue weighted by Crippen LogP contribution is -2.29. The minimum Gasteiger partial charge on any atom is -0.438 e. The zero-order chi connectivity index (χ0) is 16.0. The Labute approximate surface area is 135 Å². The van der Waals surface area contributed by atoms with Crippen molar-refractivity contribution in [3.63, 3.8) is 0 Å². The highest BCUT2D eigenvalue weighted by Crippen LogP contribution is 2.24. The molecule has 0 radical (unpaired) electrons. The second-order valence-corrected chi connectivity index (χ2v) is 5.38. The van der Waals surface area contributed by atoms with Crippen molar-refractivity contribution in [2.45, 2.75) is 6.61 Å². The highest BCUT2D eigenvalue weighted by molar-refractivity contribution is 6.31. The number of aromatic nitrogens is 1. The Balaban J connectivity index is 1.55. The monoisotopic (exact) mass is 328 g/mol. The van der Waals surface area contributed by atoms with E-state index in [0.29, 0.717) is 27.2 Å². The molecule has 3 aromatic rings. The van der Waals surface area contributed by atoms with Crippen molar-refractivity contribution in [1.29, 1.82) is 0 Å². The van der Waals surface area contributed by atoms with Crippen LogP contribution in [0.25, 0.3) is 11.1 Å². The number of nitrogens with zero attached hydrogens (tertiary/aromatic N) is 2. The van der Waals surface area contributed by atoms with Crippen LogP contribution in [0.4, 0.5) is 0 Å². The van der Waals surface area contributed by atoms with Crippen molar-refractivity contribution in [2.24, 2.45) is 0 Å². The molecule has 0 fully saturated rings. The number of amides is 2. The molecule has 2 aromatic carbocycles. The Kier molecular flexibility index (Phi) is 3.14. The molecule has 0 saturated carbocycles. The lowest BCUT2D eigenvalue weighted by molar-refractivity contribution is -0.106. The highest BCUT2D eigenvalue weighted by Gasteiger charge is 2.36.